The maximum absolute atomic E-state index is 12.7. The highest BCUT2D eigenvalue weighted by molar-refractivity contribution is 6.31. The summed E-state index contributed by atoms with van der Waals surface area (Å²) in [5.74, 6) is 0.0832. The van der Waals surface area contributed by atoms with E-state index in [0.717, 1.165) is 37.2 Å². The van der Waals surface area contributed by atoms with Gasteiger partial charge in [-0.15, -0.1) is 0 Å². The van der Waals surface area contributed by atoms with Gasteiger partial charge in [0.05, 0.1) is 0 Å². The molecule has 1 aliphatic rings. The number of carbonyl (C=O) groups is 1. The Morgan fingerprint density at radius 2 is 2.25 bits per heavy atom. The molecule has 0 aromatic heterocycles. The molecule has 0 spiro atoms. The van der Waals surface area contributed by atoms with Crippen LogP contribution in [0.5, 0.6) is 0 Å². The third-order valence-electron chi connectivity index (χ3n) is 3.95. The number of halogens is 1. The molecule has 0 radical (unpaired) electrons. The fourth-order valence-corrected chi connectivity index (χ4v) is 2.87. The summed E-state index contributed by atoms with van der Waals surface area (Å²) < 4.78 is 0. The molecule has 1 aromatic rings. The lowest BCUT2D eigenvalue weighted by Crippen LogP contribution is -2.45. The van der Waals surface area contributed by atoms with Gasteiger partial charge in [0.25, 0.3) is 5.91 Å². The number of nitrogens with one attached hydrogen (secondary N) is 1. The van der Waals surface area contributed by atoms with Crippen LogP contribution in [0.25, 0.3) is 0 Å². The Morgan fingerprint density at radius 1 is 1.45 bits per heavy atom. The highest BCUT2D eigenvalue weighted by Crippen LogP contribution is 2.18. The monoisotopic (exact) mass is 294 g/mol. The molecule has 1 fully saturated rings. The van der Waals surface area contributed by atoms with Crippen molar-refractivity contribution >= 4 is 17.5 Å². The van der Waals surface area contributed by atoms with Gasteiger partial charge in [0.1, 0.15) is 0 Å². The first-order chi connectivity index (χ1) is 9.61. The Morgan fingerprint density at radius 3 is 2.90 bits per heavy atom. The van der Waals surface area contributed by atoms with Gasteiger partial charge < -0.3 is 10.2 Å². The van der Waals surface area contributed by atoms with E-state index >= 15 is 0 Å². The minimum absolute atomic E-state index is 0.0832. The van der Waals surface area contributed by atoms with E-state index in [0.29, 0.717) is 11.1 Å². The Labute approximate surface area is 126 Å². The number of rotatable bonds is 4. The summed E-state index contributed by atoms with van der Waals surface area (Å²) >= 11 is 6.02. The SMILES string of the molecule is CCN(CC1CCCCN1)C(=O)c1cc(Cl)ccc1C. The molecule has 1 aromatic carbocycles. The third kappa shape index (κ3) is 3.74. The predicted octanol–water partition coefficient (Wildman–Crippen LogP) is 3.25. The summed E-state index contributed by atoms with van der Waals surface area (Å²) in [5.41, 5.74) is 1.70. The van der Waals surface area contributed by atoms with Crippen molar-refractivity contribution in [2.75, 3.05) is 19.6 Å². The van der Waals surface area contributed by atoms with Crippen LogP contribution < -0.4 is 5.32 Å². The van der Waals surface area contributed by atoms with Crippen molar-refractivity contribution in [3.63, 3.8) is 0 Å². The molecule has 1 N–H and O–H groups in total. The van der Waals surface area contributed by atoms with Gasteiger partial charge in [-0.3, -0.25) is 4.79 Å². The first-order valence-corrected chi connectivity index (χ1v) is 7.78. The van der Waals surface area contributed by atoms with Gasteiger partial charge in [-0.25, -0.2) is 0 Å². The Balaban J connectivity index is 2.09. The molecular weight excluding hydrogens is 272 g/mol. The number of amides is 1. The van der Waals surface area contributed by atoms with E-state index in [1.54, 1.807) is 6.07 Å². The number of likely N-dealkylation sites (N-methyl/N-ethyl adjacent to an activating group) is 1. The van der Waals surface area contributed by atoms with Crippen molar-refractivity contribution in [2.24, 2.45) is 0 Å². The van der Waals surface area contributed by atoms with Crippen LogP contribution in [0.1, 0.15) is 42.1 Å². The van der Waals surface area contributed by atoms with Gasteiger partial charge >= 0.3 is 0 Å². The smallest absolute Gasteiger partial charge is 0.254 e. The summed E-state index contributed by atoms with van der Waals surface area (Å²) in [6, 6.07) is 5.93. The second kappa shape index (κ2) is 7.09. The molecule has 1 saturated heterocycles. The summed E-state index contributed by atoms with van der Waals surface area (Å²) in [6.07, 6.45) is 3.64. The van der Waals surface area contributed by atoms with Crippen LogP contribution in [0, 0.1) is 6.92 Å². The Kier molecular flexibility index (Phi) is 5.44. The Hall–Kier alpha value is -1.06. The minimum atomic E-state index is 0.0832. The molecule has 0 aliphatic carbocycles. The van der Waals surface area contributed by atoms with E-state index in [2.05, 4.69) is 5.32 Å². The third-order valence-corrected chi connectivity index (χ3v) is 4.19. The van der Waals surface area contributed by atoms with Crippen LogP contribution in [-0.2, 0) is 0 Å². The maximum Gasteiger partial charge on any atom is 0.254 e. The minimum Gasteiger partial charge on any atom is -0.337 e. The topological polar surface area (TPSA) is 32.3 Å². The van der Waals surface area contributed by atoms with E-state index in [4.69, 9.17) is 11.6 Å². The molecule has 0 saturated carbocycles. The van der Waals surface area contributed by atoms with Gasteiger partial charge in [0.15, 0.2) is 0 Å². The number of aryl methyl sites for hydroxylation is 1. The fraction of sp³-hybridized carbons (Fsp3) is 0.562. The molecule has 1 aliphatic heterocycles. The summed E-state index contributed by atoms with van der Waals surface area (Å²) in [6.45, 7) is 6.55. The quantitative estimate of drug-likeness (QED) is 0.924. The molecule has 1 atom stereocenters. The van der Waals surface area contributed by atoms with Gasteiger partial charge in [-0.1, -0.05) is 24.1 Å². The molecular formula is C16H23ClN2O. The zero-order valence-corrected chi connectivity index (χ0v) is 13.0. The average molecular weight is 295 g/mol. The van der Waals surface area contributed by atoms with Crippen molar-refractivity contribution in [3.05, 3.63) is 34.3 Å². The lowest BCUT2D eigenvalue weighted by molar-refractivity contribution is 0.0741. The molecule has 1 amide bonds. The molecule has 2 rings (SSSR count). The van der Waals surface area contributed by atoms with Crippen LogP contribution in [0.3, 0.4) is 0 Å². The number of carbonyl (C=O) groups excluding carboxylic acids is 1. The molecule has 3 nitrogen and oxygen atoms in total. The number of piperidine rings is 1. The van der Waals surface area contributed by atoms with E-state index in [9.17, 15) is 4.79 Å². The van der Waals surface area contributed by atoms with E-state index in [1.807, 2.05) is 30.9 Å². The van der Waals surface area contributed by atoms with Crippen molar-refractivity contribution in [2.45, 2.75) is 39.2 Å². The number of hydrogen-bond donors (Lipinski definition) is 1. The lowest BCUT2D eigenvalue weighted by atomic mass is 10.0. The van der Waals surface area contributed by atoms with E-state index < -0.39 is 0 Å². The highest BCUT2D eigenvalue weighted by Gasteiger charge is 2.21. The molecule has 110 valence electrons. The second-order valence-corrected chi connectivity index (χ2v) is 5.89. The first-order valence-electron chi connectivity index (χ1n) is 7.40. The fourth-order valence-electron chi connectivity index (χ4n) is 2.70. The van der Waals surface area contributed by atoms with Crippen LogP contribution in [0.4, 0.5) is 0 Å². The summed E-state index contributed by atoms with van der Waals surface area (Å²) in [4.78, 5) is 14.6. The maximum atomic E-state index is 12.7. The first kappa shape index (κ1) is 15.3. The molecule has 1 unspecified atom stereocenters. The van der Waals surface area contributed by atoms with Crippen LogP contribution in [0.2, 0.25) is 5.02 Å². The van der Waals surface area contributed by atoms with Gasteiger partial charge in [0, 0.05) is 29.7 Å². The zero-order chi connectivity index (χ0) is 14.5. The van der Waals surface area contributed by atoms with Crippen molar-refractivity contribution < 1.29 is 4.79 Å². The van der Waals surface area contributed by atoms with Crippen LogP contribution in [-0.4, -0.2) is 36.5 Å². The Bertz CT molecular complexity index is 470. The molecule has 4 heteroatoms. The number of hydrogen-bond acceptors (Lipinski definition) is 2. The average Bonchev–Trinajstić information content (AvgIpc) is 2.47. The molecule has 20 heavy (non-hydrogen) atoms. The second-order valence-electron chi connectivity index (χ2n) is 5.45. The standard InChI is InChI=1S/C16H23ClN2O/c1-3-19(11-14-6-4-5-9-18-14)16(20)15-10-13(17)8-7-12(15)2/h7-8,10,14,18H,3-6,9,11H2,1-2H3. The van der Waals surface area contributed by atoms with E-state index in [1.165, 1.54) is 12.8 Å². The highest BCUT2D eigenvalue weighted by atomic mass is 35.5. The largest absolute Gasteiger partial charge is 0.337 e. The molecule has 1 heterocycles. The molecule has 0 bridgehead atoms. The van der Waals surface area contributed by atoms with Gasteiger partial charge in [-0.05, 0) is 50.9 Å². The zero-order valence-electron chi connectivity index (χ0n) is 12.3. The van der Waals surface area contributed by atoms with Gasteiger partial charge in [-0.2, -0.15) is 0 Å². The summed E-state index contributed by atoms with van der Waals surface area (Å²) in [7, 11) is 0. The van der Waals surface area contributed by atoms with Crippen LogP contribution >= 0.6 is 11.6 Å². The predicted molar refractivity (Wildman–Crippen MR) is 83.4 cm³/mol. The normalized spacial score (nSPS) is 18.9. The summed E-state index contributed by atoms with van der Waals surface area (Å²) in [5, 5.41) is 4.11. The van der Waals surface area contributed by atoms with Crippen LogP contribution in [0.15, 0.2) is 18.2 Å². The number of benzene rings is 1. The van der Waals surface area contributed by atoms with Crippen molar-refractivity contribution in [1.29, 1.82) is 0 Å². The van der Waals surface area contributed by atoms with Crippen molar-refractivity contribution in [3.8, 4) is 0 Å². The van der Waals surface area contributed by atoms with E-state index in [-0.39, 0.29) is 5.91 Å². The number of nitrogens with zero attached hydrogens (tertiary/aromatic N) is 1. The van der Waals surface area contributed by atoms with Gasteiger partial charge in [0.2, 0.25) is 0 Å². The van der Waals surface area contributed by atoms with Crippen molar-refractivity contribution in [1.82, 2.24) is 10.2 Å². The lowest BCUT2D eigenvalue weighted by Gasteiger charge is -2.30.